The summed E-state index contributed by atoms with van der Waals surface area (Å²) in [6, 6.07) is 8.38. The summed E-state index contributed by atoms with van der Waals surface area (Å²) in [5.74, 6) is -0.432. The summed E-state index contributed by atoms with van der Waals surface area (Å²) in [6.07, 6.45) is -4.56. The van der Waals surface area contributed by atoms with Crippen molar-refractivity contribution < 1.29 is 18.0 Å². The number of rotatable bonds is 3. The maximum Gasteiger partial charge on any atom is 0.435 e. The molecule has 2 aromatic rings. The smallest absolute Gasteiger partial charge is 0.335 e. The lowest BCUT2D eigenvalue weighted by Gasteiger charge is -2.34. The minimum absolute atomic E-state index is 0.0550. The molecule has 1 saturated heterocycles. The van der Waals surface area contributed by atoms with Crippen LogP contribution in [0.2, 0.25) is 5.02 Å². The highest BCUT2D eigenvalue weighted by Crippen LogP contribution is 2.28. The predicted molar refractivity (Wildman–Crippen MR) is 90.8 cm³/mol. The molecule has 1 aromatic heterocycles. The SMILES string of the molecule is Cn1nc(C(F)(F)F)cc1C(=O)N1CCN(Cc2cccc(Cl)c2)CC1. The Hall–Kier alpha value is -2.06. The number of alkyl halides is 3. The Morgan fingerprint density at radius 3 is 2.46 bits per heavy atom. The predicted octanol–water partition coefficient (Wildman–Crippen LogP) is 3.05. The highest BCUT2D eigenvalue weighted by molar-refractivity contribution is 6.30. The van der Waals surface area contributed by atoms with Crippen LogP contribution in [0.25, 0.3) is 0 Å². The molecule has 0 atom stereocenters. The van der Waals surface area contributed by atoms with Crippen molar-refractivity contribution in [3.8, 4) is 0 Å². The molecule has 140 valence electrons. The van der Waals surface area contributed by atoms with Gasteiger partial charge in [-0.3, -0.25) is 14.4 Å². The van der Waals surface area contributed by atoms with Gasteiger partial charge >= 0.3 is 6.18 Å². The van der Waals surface area contributed by atoms with Crippen LogP contribution in [-0.2, 0) is 19.8 Å². The summed E-state index contributed by atoms with van der Waals surface area (Å²) >= 11 is 5.98. The van der Waals surface area contributed by atoms with E-state index < -0.39 is 17.8 Å². The standard InChI is InChI=1S/C17H18ClF3N4O/c1-23-14(10-15(22-23)17(19,20)21)16(26)25-7-5-24(6-8-25)11-12-3-2-4-13(18)9-12/h2-4,9-10H,5-8,11H2,1H3. The number of nitrogens with zero attached hydrogens (tertiary/aromatic N) is 4. The number of benzene rings is 1. The molecule has 2 heterocycles. The number of carbonyl (C=O) groups excluding carboxylic acids is 1. The zero-order valence-electron chi connectivity index (χ0n) is 14.1. The highest BCUT2D eigenvalue weighted by atomic mass is 35.5. The van der Waals surface area contributed by atoms with Crippen LogP contribution in [-0.4, -0.2) is 51.7 Å². The minimum Gasteiger partial charge on any atom is -0.335 e. The number of aryl methyl sites for hydroxylation is 1. The van der Waals surface area contributed by atoms with Crippen LogP contribution in [0.1, 0.15) is 21.7 Å². The number of carbonyl (C=O) groups is 1. The van der Waals surface area contributed by atoms with Crippen molar-refractivity contribution in [2.24, 2.45) is 7.05 Å². The molecule has 0 unspecified atom stereocenters. The number of halogens is 4. The van der Waals surface area contributed by atoms with Crippen LogP contribution in [0.5, 0.6) is 0 Å². The molecule has 0 aliphatic carbocycles. The lowest BCUT2D eigenvalue weighted by atomic mass is 10.2. The molecular weight excluding hydrogens is 369 g/mol. The fraction of sp³-hybridized carbons (Fsp3) is 0.412. The van der Waals surface area contributed by atoms with Crippen LogP contribution in [0, 0.1) is 0 Å². The fourth-order valence-electron chi connectivity index (χ4n) is 2.97. The second-order valence-corrected chi connectivity index (χ2v) is 6.67. The van der Waals surface area contributed by atoms with Gasteiger partial charge in [0.05, 0.1) is 0 Å². The molecule has 0 N–H and O–H groups in total. The third-order valence-corrected chi connectivity index (χ3v) is 4.58. The molecule has 3 rings (SSSR count). The van der Waals surface area contributed by atoms with Gasteiger partial charge in [-0.05, 0) is 17.7 Å². The Morgan fingerprint density at radius 1 is 1.19 bits per heavy atom. The number of amides is 1. The molecule has 1 fully saturated rings. The Balaban J connectivity index is 1.61. The normalized spacial score (nSPS) is 16.1. The van der Waals surface area contributed by atoms with Crippen molar-refractivity contribution in [3.63, 3.8) is 0 Å². The van der Waals surface area contributed by atoms with Crippen LogP contribution in [0.4, 0.5) is 13.2 Å². The molecule has 9 heteroatoms. The van der Waals surface area contributed by atoms with E-state index in [-0.39, 0.29) is 5.69 Å². The molecule has 1 amide bonds. The van der Waals surface area contributed by atoms with Gasteiger partial charge in [0.15, 0.2) is 5.69 Å². The molecule has 0 saturated carbocycles. The Kier molecular flexibility index (Phi) is 5.24. The van der Waals surface area contributed by atoms with E-state index in [0.29, 0.717) is 37.7 Å². The van der Waals surface area contributed by atoms with Crippen LogP contribution in [0.15, 0.2) is 30.3 Å². The Morgan fingerprint density at radius 2 is 1.88 bits per heavy atom. The van der Waals surface area contributed by atoms with Crippen LogP contribution in [0.3, 0.4) is 0 Å². The van der Waals surface area contributed by atoms with Gasteiger partial charge in [-0.25, -0.2) is 0 Å². The molecular formula is C17H18ClF3N4O. The molecule has 1 aromatic carbocycles. The molecule has 1 aliphatic heterocycles. The average molecular weight is 387 g/mol. The first-order valence-corrected chi connectivity index (χ1v) is 8.49. The number of piperazine rings is 1. The van der Waals surface area contributed by atoms with E-state index in [4.69, 9.17) is 11.6 Å². The Labute approximate surface area is 153 Å². The Bertz CT molecular complexity index is 798. The van der Waals surface area contributed by atoms with E-state index in [9.17, 15) is 18.0 Å². The lowest BCUT2D eigenvalue weighted by molar-refractivity contribution is -0.141. The van der Waals surface area contributed by atoms with Crippen molar-refractivity contribution in [1.29, 1.82) is 0 Å². The van der Waals surface area contributed by atoms with E-state index in [1.54, 1.807) is 4.90 Å². The van der Waals surface area contributed by atoms with Crippen molar-refractivity contribution in [2.45, 2.75) is 12.7 Å². The van der Waals surface area contributed by atoms with E-state index in [1.165, 1.54) is 7.05 Å². The van der Waals surface area contributed by atoms with Gasteiger partial charge in [-0.1, -0.05) is 23.7 Å². The van der Waals surface area contributed by atoms with Crippen LogP contribution >= 0.6 is 11.6 Å². The third-order valence-electron chi connectivity index (χ3n) is 4.34. The summed E-state index contributed by atoms with van der Waals surface area (Å²) in [4.78, 5) is 16.3. The van der Waals surface area contributed by atoms with Crippen molar-refractivity contribution >= 4 is 17.5 Å². The first-order valence-electron chi connectivity index (χ1n) is 8.11. The van der Waals surface area contributed by atoms with Crippen LogP contribution < -0.4 is 0 Å². The number of hydrogen-bond donors (Lipinski definition) is 0. The largest absolute Gasteiger partial charge is 0.435 e. The monoisotopic (exact) mass is 386 g/mol. The van der Waals surface area contributed by atoms with Gasteiger partial charge in [0.2, 0.25) is 0 Å². The average Bonchev–Trinajstić information content (AvgIpc) is 2.97. The van der Waals surface area contributed by atoms with Crippen molar-refractivity contribution in [2.75, 3.05) is 26.2 Å². The maximum atomic E-state index is 12.8. The first-order chi connectivity index (χ1) is 12.2. The van der Waals surface area contributed by atoms with Gasteiger partial charge in [0, 0.05) is 50.9 Å². The minimum atomic E-state index is -4.56. The summed E-state index contributed by atoms with van der Waals surface area (Å²) in [5.41, 5.74) is -0.0257. The summed E-state index contributed by atoms with van der Waals surface area (Å²) in [5, 5.41) is 4.07. The summed E-state index contributed by atoms with van der Waals surface area (Å²) in [6.45, 7) is 2.90. The number of aromatic nitrogens is 2. The molecule has 1 aliphatic rings. The molecule has 0 radical (unpaired) electrons. The number of hydrogen-bond acceptors (Lipinski definition) is 3. The van der Waals surface area contributed by atoms with Gasteiger partial charge in [-0.15, -0.1) is 0 Å². The summed E-state index contributed by atoms with van der Waals surface area (Å²) in [7, 11) is 1.35. The highest BCUT2D eigenvalue weighted by Gasteiger charge is 2.36. The second kappa shape index (κ2) is 7.28. The third kappa shape index (κ3) is 4.19. The zero-order chi connectivity index (χ0) is 18.9. The quantitative estimate of drug-likeness (QED) is 0.814. The fourth-order valence-corrected chi connectivity index (χ4v) is 3.18. The van der Waals surface area contributed by atoms with E-state index in [1.807, 2.05) is 24.3 Å². The van der Waals surface area contributed by atoms with E-state index >= 15 is 0 Å². The first kappa shape index (κ1) is 18.7. The molecule has 26 heavy (non-hydrogen) atoms. The van der Waals surface area contributed by atoms with Gasteiger partial charge in [0.25, 0.3) is 5.91 Å². The van der Waals surface area contributed by atoms with Gasteiger partial charge in [-0.2, -0.15) is 18.3 Å². The van der Waals surface area contributed by atoms with Crippen molar-refractivity contribution in [1.82, 2.24) is 19.6 Å². The lowest BCUT2D eigenvalue weighted by Crippen LogP contribution is -2.48. The molecule has 0 spiro atoms. The topological polar surface area (TPSA) is 41.4 Å². The molecule has 5 nitrogen and oxygen atoms in total. The van der Waals surface area contributed by atoms with Crippen molar-refractivity contribution in [3.05, 3.63) is 52.3 Å². The summed E-state index contributed by atoms with van der Waals surface area (Å²) < 4.78 is 39.3. The van der Waals surface area contributed by atoms with Gasteiger partial charge in [0.1, 0.15) is 5.69 Å². The van der Waals surface area contributed by atoms with E-state index in [0.717, 1.165) is 16.3 Å². The maximum absolute atomic E-state index is 12.8. The molecule has 0 bridgehead atoms. The zero-order valence-corrected chi connectivity index (χ0v) is 14.9. The second-order valence-electron chi connectivity index (χ2n) is 6.23. The van der Waals surface area contributed by atoms with Gasteiger partial charge < -0.3 is 4.90 Å². The van der Waals surface area contributed by atoms with E-state index in [2.05, 4.69) is 10.00 Å².